The van der Waals surface area contributed by atoms with Crippen molar-refractivity contribution in [1.82, 2.24) is 19.7 Å². The average molecular weight is 284 g/mol. The maximum atomic E-state index is 12.3. The van der Waals surface area contributed by atoms with E-state index in [-0.39, 0.29) is 12.1 Å². The van der Waals surface area contributed by atoms with Gasteiger partial charge in [0.05, 0.1) is 12.2 Å². The summed E-state index contributed by atoms with van der Waals surface area (Å²) in [7, 11) is 0. The van der Waals surface area contributed by atoms with E-state index in [9.17, 15) is 9.59 Å². The van der Waals surface area contributed by atoms with Crippen LogP contribution < -0.4 is 10.9 Å². The van der Waals surface area contributed by atoms with E-state index in [2.05, 4.69) is 15.3 Å². The van der Waals surface area contributed by atoms with Gasteiger partial charge in [0.15, 0.2) is 6.39 Å². The molecule has 0 aliphatic carbocycles. The van der Waals surface area contributed by atoms with Gasteiger partial charge in [0.25, 0.3) is 11.5 Å². The Bertz CT molecular complexity index is 852. The number of fused-ring (bicyclic) bond motifs is 1. The number of carbonyl (C=O) groups is 1. The number of aryl methyl sites for hydroxylation is 1. The molecule has 0 unspecified atom stereocenters. The minimum Gasteiger partial charge on any atom is -0.451 e. The van der Waals surface area contributed by atoms with Crippen LogP contribution >= 0.6 is 0 Å². The van der Waals surface area contributed by atoms with Gasteiger partial charge in [0.1, 0.15) is 17.5 Å². The molecule has 106 valence electrons. The first-order valence-corrected chi connectivity index (χ1v) is 6.29. The highest BCUT2D eigenvalue weighted by Gasteiger charge is 2.13. The van der Waals surface area contributed by atoms with Crippen LogP contribution in [0.1, 0.15) is 21.6 Å². The molecular formula is C14H12N4O3. The lowest BCUT2D eigenvalue weighted by molar-refractivity contribution is 0.0948. The van der Waals surface area contributed by atoms with E-state index < -0.39 is 11.5 Å². The van der Waals surface area contributed by atoms with Crippen molar-refractivity contribution >= 4 is 11.6 Å². The van der Waals surface area contributed by atoms with E-state index in [1.165, 1.54) is 23.3 Å². The summed E-state index contributed by atoms with van der Waals surface area (Å²) in [5, 5.41) is 2.61. The van der Waals surface area contributed by atoms with Crippen LogP contribution in [0.4, 0.5) is 0 Å². The van der Waals surface area contributed by atoms with Gasteiger partial charge < -0.3 is 9.73 Å². The highest BCUT2D eigenvalue weighted by molar-refractivity contribution is 5.93. The Morgan fingerprint density at radius 3 is 3.05 bits per heavy atom. The number of amides is 1. The molecule has 1 amide bonds. The molecule has 0 aliphatic rings. The minimum absolute atomic E-state index is 0.0124. The summed E-state index contributed by atoms with van der Waals surface area (Å²) < 4.78 is 6.17. The second-order valence-electron chi connectivity index (χ2n) is 4.52. The lowest BCUT2D eigenvalue weighted by atomic mass is 10.2. The van der Waals surface area contributed by atoms with Gasteiger partial charge >= 0.3 is 0 Å². The number of pyridine rings is 1. The molecule has 3 heterocycles. The first kappa shape index (κ1) is 13.0. The van der Waals surface area contributed by atoms with E-state index in [0.717, 1.165) is 5.56 Å². The fraction of sp³-hybridized carbons (Fsp3) is 0.143. The summed E-state index contributed by atoms with van der Waals surface area (Å²) in [6.45, 7) is 2.04. The topological polar surface area (TPSA) is 89.5 Å². The van der Waals surface area contributed by atoms with E-state index in [0.29, 0.717) is 11.3 Å². The van der Waals surface area contributed by atoms with Crippen molar-refractivity contribution < 1.29 is 9.21 Å². The van der Waals surface area contributed by atoms with E-state index in [1.54, 1.807) is 12.3 Å². The SMILES string of the molecule is Cc1cccn2c(=O)c(C(=O)NCc3cocn3)cnc12. The zero-order chi connectivity index (χ0) is 14.8. The van der Waals surface area contributed by atoms with Crippen LogP contribution in [0.25, 0.3) is 5.65 Å². The average Bonchev–Trinajstić information content (AvgIpc) is 2.99. The fourth-order valence-corrected chi connectivity index (χ4v) is 1.99. The van der Waals surface area contributed by atoms with E-state index in [1.807, 2.05) is 13.0 Å². The van der Waals surface area contributed by atoms with Crippen molar-refractivity contribution in [3.05, 3.63) is 64.4 Å². The summed E-state index contributed by atoms with van der Waals surface area (Å²) >= 11 is 0. The summed E-state index contributed by atoms with van der Waals surface area (Å²) in [6, 6.07) is 3.59. The fourth-order valence-electron chi connectivity index (χ4n) is 1.99. The first-order chi connectivity index (χ1) is 10.2. The first-order valence-electron chi connectivity index (χ1n) is 6.29. The van der Waals surface area contributed by atoms with Crippen molar-refractivity contribution in [2.75, 3.05) is 0 Å². The molecule has 0 aliphatic heterocycles. The number of nitrogens with zero attached hydrogens (tertiary/aromatic N) is 3. The molecular weight excluding hydrogens is 272 g/mol. The third-order valence-electron chi connectivity index (χ3n) is 3.09. The summed E-state index contributed by atoms with van der Waals surface area (Å²) in [5.74, 6) is -0.494. The van der Waals surface area contributed by atoms with Gasteiger partial charge in [-0.2, -0.15) is 0 Å². The predicted octanol–water partition coefficient (Wildman–Crippen LogP) is 0.921. The van der Waals surface area contributed by atoms with Gasteiger partial charge in [0.2, 0.25) is 0 Å². The Balaban J connectivity index is 1.92. The maximum absolute atomic E-state index is 12.3. The number of hydrogen-bond acceptors (Lipinski definition) is 5. The standard InChI is InChI=1S/C14H12N4O3/c1-9-3-2-4-18-12(9)15-6-11(14(18)20)13(19)16-5-10-7-21-8-17-10/h2-4,6-8H,5H2,1H3,(H,16,19). The smallest absolute Gasteiger partial charge is 0.270 e. The van der Waals surface area contributed by atoms with Crippen LogP contribution in [0, 0.1) is 6.92 Å². The molecule has 0 saturated heterocycles. The molecule has 0 bridgehead atoms. The molecule has 1 N–H and O–H groups in total. The Morgan fingerprint density at radius 1 is 1.43 bits per heavy atom. The Labute approximate surface area is 119 Å². The second-order valence-corrected chi connectivity index (χ2v) is 4.52. The van der Waals surface area contributed by atoms with Crippen LogP contribution in [0.15, 0.2) is 46.4 Å². The largest absolute Gasteiger partial charge is 0.451 e. The van der Waals surface area contributed by atoms with Crippen molar-refractivity contribution in [3.8, 4) is 0 Å². The molecule has 7 nitrogen and oxygen atoms in total. The molecule has 3 aromatic heterocycles. The van der Waals surface area contributed by atoms with Crippen LogP contribution in [0.2, 0.25) is 0 Å². The number of nitrogens with one attached hydrogen (secondary N) is 1. The van der Waals surface area contributed by atoms with Gasteiger partial charge in [-0.15, -0.1) is 0 Å². The lowest BCUT2D eigenvalue weighted by Gasteiger charge is -2.06. The molecule has 0 fully saturated rings. The molecule has 3 rings (SSSR count). The second kappa shape index (κ2) is 5.20. The third kappa shape index (κ3) is 2.40. The zero-order valence-electron chi connectivity index (χ0n) is 11.2. The Hall–Kier alpha value is -2.96. The molecule has 0 saturated carbocycles. The van der Waals surface area contributed by atoms with Crippen molar-refractivity contribution in [2.24, 2.45) is 0 Å². The van der Waals surface area contributed by atoms with E-state index in [4.69, 9.17) is 4.42 Å². The van der Waals surface area contributed by atoms with E-state index >= 15 is 0 Å². The molecule has 0 atom stereocenters. The summed E-state index contributed by atoms with van der Waals surface area (Å²) in [5.41, 5.74) is 1.57. The quantitative estimate of drug-likeness (QED) is 0.772. The van der Waals surface area contributed by atoms with Crippen LogP contribution in [-0.2, 0) is 6.54 Å². The minimum atomic E-state index is -0.494. The molecule has 0 radical (unpaired) electrons. The number of rotatable bonds is 3. The van der Waals surface area contributed by atoms with Crippen molar-refractivity contribution in [1.29, 1.82) is 0 Å². The molecule has 3 aromatic rings. The molecule has 0 spiro atoms. The number of aromatic nitrogens is 3. The van der Waals surface area contributed by atoms with Crippen molar-refractivity contribution in [3.63, 3.8) is 0 Å². The molecule has 7 heteroatoms. The summed E-state index contributed by atoms with van der Waals surface area (Å²) in [6.07, 6.45) is 5.58. The van der Waals surface area contributed by atoms with Gasteiger partial charge in [-0.3, -0.25) is 14.0 Å². The van der Waals surface area contributed by atoms with Crippen LogP contribution in [0.3, 0.4) is 0 Å². The highest BCUT2D eigenvalue weighted by atomic mass is 16.3. The third-order valence-corrected chi connectivity index (χ3v) is 3.09. The summed E-state index contributed by atoms with van der Waals surface area (Å²) in [4.78, 5) is 32.4. The van der Waals surface area contributed by atoms with Gasteiger partial charge in [0, 0.05) is 12.4 Å². The number of oxazole rings is 1. The van der Waals surface area contributed by atoms with Crippen molar-refractivity contribution in [2.45, 2.75) is 13.5 Å². The van der Waals surface area contributed by atoms with Crippen LogP contribution in [0.5, 0.6) is 0 Å². The lowest BCUT2D eigenvalue weighted by Crippen LogP contribution is -2.31. The van der Waals surface area contributed by atoms with Gasteiger partial charge in [-0.25, -0.2) is 9.97 Å². The Kier molecular flexibility index (Phi) is 3.23. The molecule has 21 heavy (non-hydrogen) atoms. The number of hydrogen-bond donors (Lipinski definition) is 1. The predicted molar refractivity (Wildman–Crippen MR) is 73.9 cm³/mol. The molecule has 0 aromatic carbocycles. The highest BCUT2D eigenvalue weighted by Crippen LogP contribution is 2.04. The van der Waals surface area contributed by atoms with Gasteiger partial charge in [-0.1, -0.05) is 6.07 Å². The number of carbonyl (C=O) groups excluding carboxylic acids is 1. The van der Waals surface area contributed by atoms with Gasteiger partial charge in [-0.05, 0) is 18.6 Å². The Morgan fingerprint density at radius 2 is 2.29 bits per heavy atom. The van der Waals surface area contributed by atoms with Crippen LogP contribution in [-0.4, -0.2) is 20.3 Å². The normalized spacial score (nSPS) is 10.7. The maximum Gasteiger partial charge on any atom is 0.270 e. The zero-order valence-corrected chi connectivity index (χ0v) is 11.2. The monoisotopic (exact) mass is 284 g/mol.